The Bertz CT molecular complexity index is 519. The molecule has 102 valence electrons. The smallest absolute Gasteiger partial charge is 0.311 e. The molecule has 0 aliphatic carbocycles. The number of anilines is 1. The number of carbonyl (C=O) groups is 1. The summed E-state index contributed by atoms with van der Waals surface area (Å²) in [6.45, 7) is 0.619. The standard InChI is InChI=1S/C11H14N4O4/c1-14-6-5-7(11(14)16)12-10-8(15(17)18)3-4-9(13-10)19-2/h3-4,7H,5-6H2,1-2H3,(H,12,13). The van der Waals surface area contributed by atoms with Crippen LogP contribution >= 0.6 is 0 Å². The molecule has 1 amide bonds. The van der Waals surface area contributed by atoms with Gasteiger partial charge in [0.2, 0.25) is 17.6 Å². The lowest BCUT2D eigenvalue weighted by molar-refractivity contribution is -0.384. The topological polar surface area (TPSA) is 97.6 Å². The fourth-order valence-corrected chi connectivity index (χ4v) is 1.92. The molecule has 1 atom stereocenters. The zero-order valence-electron chi connectivity index (χ0n) is 10.6. The molecule has 0 radical (unpaired) electrons. The zero-order chi connectivity index (χ0) is 14.0. The molecule has 1 aromatic rings. The second kappa shape index (κ2) is 5.09. The number of methoxy groups -OCH3 is 1. The second-order valence-corrected chi connectivity index (χ2v) is 4.22. The first-order valence-electron chi connectivity index (χ1n) is 5.74. The highest BCUT2D eigenvalue weighted by atomic mass is 16.6. The van der Waals surface area contributed by atoms with Crippen molar-refractivity contribution in [1.82, 2.24) is 9.88 Å². The van der Waals surface area contributed by atoms with Gasteiger partial charge in [0, 0.05) is 25.7 Å². The van der Waals surface area contributed by atoms with Crippen molar-refractivity contribution in [3.05, 3.63) is 22.2 Å². The lowest BCUT2D eigenvalue weighted by Crippen LogP contribution is -2.31. The molecule has 8 heteroatoms. The first kappa shape index (κ1) is 13.1. The number of amides is 1. The summed E-state index contributed by atoms with van der Waals surface area (Å²) in [7, 11) is 3.11. The molecule has 2 heterocycles. The number of nitrogens with one attached hydrogen (secondary N) is 1. The summed E-state index contributed by atoms with van der Waals surface area (Å²) in [6, 6.07) is 2.23. The zero-order valence-corrected chi connectivity index (χ0v) is 10.6. The number of aromatic nitrogens is 1. The van der Waals surface area contributed by atoms with E-state index in [2.05, 4.69) is 10.3 Å². The molecule has 0 aromatic carbocycles. The van der Waals surface area contributed by atoms with Crippen LogP contribution in [0.15, 0.2) is 12.1 Å². The van der Waals surface area contributed by atoms with Crippen LogP contribution in [0.1, 0.15) is 6.42 Å². The van der Waals surface area contributed by atoms with Crippen LogP contribution in [-0.4, -0.2) is 47.5 Å². The quantitative estimate of drug-likeness (QED) is 0.634. The summed E-state index contributed by atoms with van der Waals surface area (Å²) in [4.78, 5) is 27.7. The summed E-state index contributed by atoms with van der Waals surface area (Å²) >= 11 is 0. The average Bonchev–Trinajstić information content (AvgIpc) is 2.70. The Kier molecular flexibility index (Phi) is 3.50. The van der Waals surface area contributed by atoms with Crippen LogP contribution in [0.2, 0.25) is 0 Å². The third-order valence-electron chi connectivity index (χ3n) is 2.99. The lowest BCUT2D eigenvalue weighted by Gasteiger charge is -2.13. The molecular formula is C11H14N4O4. The molecule has 1 unspecified atom stereocenters. The molecule has 0 bridgehead atoms. The Hall–Kier alpha value is -2.38. The van der Waals surface area contributed by atoms with Crippen LogP contribution in [0.5, 0.6) is 5.88 Å². The van der Waals surface area contributed by atoms with E-state index in [1.807, 2.05) is 0 Å². The highest BCUT2D eigenvalue weighted by Gasteiger charge is 2.31. The second-order valence-electron chi connectivity index (χ2n) is 4.22. The SMILES string of the molecule is COc1ccc([N+](=O)[O-])c(NC2CCN(C)C2=O)n1. The Morgan fingerprint density at radius 1 is 1.58 bits per heavy atom. The van der Waals surface area contributed by atoms with Gasteiger partial charge in [-0.2, -0.15) is 4.98 Å². The largest absolute Gasteiger partial charge is 0.481 e. The number of likely N-dealkylation sites (N-methyl/N-ethyl adjacent to an activating group) is 1. The van der Waals surface area contributed by atoms with Gasteiger partial charge >= 0.3 is 5.69 Å². The van der Waals surface area contributed by atoms with Crippen LogP contribution in [0.3, 0.4) is 0 Å². The normalized spacial score (nSPS) is 18.5. The van der Waals surface area contributed by atoms with Crippen molar-refractivity contribution in [3.63, 3.8) is 0 Å². The number of pyridine rings is 1. The molecule has 1 aromatic heterocycles. The molecule has 1 aliphatic heterocycles. The predicted molar refractivity (Wildman–Crippen MR) is 67.1 cm³/mol. The molecule has 1 saturated heterocycles. The molecular weight excluding hydrogens is 252 g/mol. The van der Waals surface area contributed by atoms with Crippen LogP contribution in [0, 0.1) is 10.1 Å². The van der Waals surface area contributed by atoms with Crippen molar-refractivity contribution in [2.75, 3.05) is 26.0 Å². The number of carbonyl (C=O) groups excluding carboxylic acids is 1. The van der Waals surface area contributed by atoms with Gasteiger partial charge in [-0.15, -0.1) is 0 Å². The van der Waals surface area contributed by atoms with Crippen molar-refractivity contribution < 1.29 is 14.5 Å². The third-order valence-corrected chi connectivity index (χ3v) is 2.99. The fraction of sp³-hybridized carbons (Fsp3) is 0.455. The number of likely N-dealkylation sites (tertiary alicyclic amines) is 1. The van der Waals surface area contributed by atoms with Crippen LogP contribution in [0.4, 0.5) is 11.5 Å². The van der Waals surface area contributed by atoms with Crippen LogP contribution < -0.4 is 10.1 Å². The summed E-state index contributed by atoms with van der Waals surface area (Å²) in [5, 5.41) is 13.8. The summed E-state index contributed by atoms with van der Waals surface area (Å²) in [5.74, 6) is 0.212. The van der Waals surface area contributed by atoms with Crippen molar-refractivity contribution in [1.29, 1.82) is 0 Å². The number of ether oxygens (including phenoxy) is 1. The van der Waals surface area contributed by atoms with Gasteiger partial charge in [-0.25, -0.2) is 0 Å². The van der Waals surface area contributed by atoms with Crippen molar-refractivity contribution in [2.24, 2.45) is 0 Å². The van der Waals surface area contributed by atoms with Crippen LogP contribution in [-0.2, 0) is 4.79 Å². The van der Waals surface area contributed by atoms with Gasteiger partial charge in [0.25, 0.3) is 0 Å². The van der Waals surface area contributed by atoms with Crippen molar-refractivity contribution in [3.8, 4) is 5.88 Å². The molecule has 2 rings (SSSR count). The maximum Gasteiger partial charge on any atom is 0.311 e. The van der Waals surface area contributed by atoms with Gasteiger partial charge in [-0.1, -0.05) is 0 Å². The molecule has 8 nitrogen and oxygen atoms in total. The summed E-state index contributed by atoms with van der Waals surface area (Å²) in [5.41, 5.74) is -0.178. The van der Waals surface area contributed by atoms with E-state index in [4.69, 9.17) is 4.74 Å². The molecule has 1 N–H and O–H groups in total. The van der Waals surface area contributed by atoms with E-state index in [1.54, 1.807) is 11.9 Å². The van der Waals surface area contributed by atoms with Crippen LogP contribution in [0.25, 0.3) is 0 Å². The minimum absolute atomic E-state index is 0.0537. The van der Waals surface area contributed by atoms with Crippen molar-refractivity contribution in [2.45, 2.75) is 12.5 Å². The molecule has 1 fully saturated rings. The van der Waals surface area contributed by atoms with Gasteiger partial charge in [0.15, 0.2) is 0 Å². The number of hydrogen-bond acceptors (Lipinski definition) is 6. The van der Waals surface area contributed by atoms with E-state index in [0.717, 1.165) is 0 Å². The average molecular weight is 266 g/mol. The molecule has 19 heavy (non-hydrogen) atoms. The van der Waals surface area contributed by atoms with E-state index in [0.29, 0.717) is 13.0 Å². The Balaban J connectivity index is 2.27. The van der Waals surface area contributed by atoms with Gasteiger partial charge in [0.05, 0.1) is 12.0 Å². The fourth-order valence-electron chi connectivity index (χ4n) is 1.92. The minimum atomic E-state index is -0.544. The number of hydrogen-bond donors (Lipinski definition) is 1. The van der Waals surface area contributed by atoms with E-state index in [-0.39, 0.29) is 23.3 Å². The molecule has 0 saturated carbocycles. The molecule has 1 aliphatic rings. The van der Waals surface area contributed by atoms with Gasteiger partial charge < -0.3 is 15.0 Å². The predicted octanol–water partition coefficient (Wildman–Crippen LogP) is 0.641. The van der Waals surface area contributed by atoms with Gasteiger partial charge in [-0.05, 0) is 6.42 Å². The van der Waals surface area contributed by atoms with E-state index >= 15 is 0 Å². The highest BCUT2D eigenvalue weighted by Crippen LogP contribution is 2.27. The monoisotopic (exact) mass is 266 g/mol. The number of nitro groups is 1. The van der Waals surface area contributed by atoms with Gasteiger partial charge in [-0.3, -0.25) is 14.9 Å². The van der Waals surface area contributed by atoms with E-state index in [9.17, 15) is 14.9 Å². The molecule has 0 spiro atoms. The summed E-state index contributed by atoms with van der Waals surface area (Å²) in [6.07, 6.45) is 0.589. The minimum Gasteiger partial charge on any atom is -0.481 e. The lowest BCUT2D eigenvalue weighted by atomic mass is 10.2. The Morgan fingerprint density at radius 3 is 2.84 bits per heavy atom. The maximum atomic E-state index is 11.8. The Morgan fingerprint density at radius 2 is 2.32 bits per heavy atom. The van der Waals surface area contributed by atoms with E-state index in [1.165, 1.54) is 19.2 Å². The van der Waals surface area contributed by atoms with E-state index < -0.39 is 11.0 Å². The maximum absolute atomic E-state index is 11.8. The first-order valence-corrected chi connectivity index (χ1v) is 5.74. The summed E-state index contributed by atoms with van der Waals surface area (Å²) < 4.78 is 4.93. The third kappa shape index (κ3) is 2.56. The number of rotatable bonds is 4. The number of nitrogens with zero attached hydrogens (tertiary/aromatic N) is 3. The van der Waals surface area contributed by atoms with Crippen molar-refractivity contribution >= 4 is 17.4 Å². The van der Waals surface area contributed by atoms with Gasteiger partial charge in [0.1, 0.15) is 6.04 Å². The highest BCUT2D eigenvalue weighted by molar-refractivity contribution is 5.86. The Labute approximate surface area is 109 Å². The first-order chi connectivity index (χ1) is 9.02.